The number of ether oxygens (including phenoxy) is 1. The molecule has 0 radical (unpaired) electrons. The molecule has 3 heteroatoms. The molecule has 3 atom stereocenters. The van der Waals surface area contributed by atoms with Gasteiger partial charge in [-0.15, -0.1) is 0 Å². The highest BCUT2D eigenvalue weighted by atomic mass is 16.5. The molecule has 2 N–H and O–H groups in total. The van der Waals surface area contributed by atoms with E-state index in [1.165, 1.54) is 6.42 Å². The van der Waals surface area contributed by atoms with Crippen molar-refractivity contribution in [3.63, 3.8) is 0 Å². The van der Waals surface area contributed by atoms with Crippen LogP contribution in [0.25, 0.3) is 0 Å². The van der Waals surface area contributed by atoms with E-state index in [0.29, 0.717) is 11.8 Å². The molecule has 0 heterocycles. The van der Waals surface area contributed by atoms with Gasteiger partial charge in [-0.1, -0.05) is 20.8 Å². The van der Waals surface area contributed by atoms with Crippen molar-refractivity contribution >= 4 is 5.97 Å². The Hall–Kier alpha value is -0.570. The number of nitrogens with two attached hydrogens (primary N) is 1. The van der Waals surface area contributed by atoms with Crippen LogP contribution in [0.5, 0.6) is 0 Å². The second-order valence-corrected chi connectivity index (χ2v) is 5.06. The number of carbonyl (C=O) groups excluding carboxylic acids is 1. The molecule has 1 rings (SSSR count). The van der Waals surface area contributed by atoms with Gasteiger partial charge in [-0.3, -0.25) is 4.79 Å². The summed E-state index contributed by atoms with van der Waals surface area (Å²) in [6, 6.07) is 0. The van der Waals surface area contributed by atoms with Gasteiger partial charge in [0.2, 0.25) is 0 Å². The quantitative estimate of drug-likeness (QED) is 0.729. The van der Waals surface area contributed by atoms with Crippen LogP contribution in [0.15, 0.2) is 0 Å². The topological polar surface area (TPSA) is 52.3 Å². The van der Waals surface area contributed by atoms with Crippen LogP contribution < -0.4 is 5.73 Å². The fourth-order valence-electron chi connectivity index (χ4n) is 2.46. The van der Waals surface area contributed by atoms with Crippen molar-refractivity contribution in [2.45, 2.75) is 46.1 Å². The predicted octanol–water partition coefficient (Wildman–Crippen LogP) is 1.95. The Bertz CT molecular complexity index is 216. The summed E-state index contributed by atoms with van der Waals surface area (Å²) in [4.78, 5) is 11.2. The first-order valence-corrected chi connectivity index (χ1v) is 5.94. The van der Waals surface area contributed by atoms with Gasteiger partial charge in [-0.05, 0) is 37.0 Å². The van der Waals surface area contributed by atoms with Crippen LogP contribution in [0.4, 0.5) is 0 Å². The SMILES string of the molecule is CC1CCC(OC(=O)CN)C(C(C)C)C1. The van der Waals surface area contributed by atoms with Crippen LogP contribution in [0, 0.1) is 17.8 Å². The third-order valence-corrected chi connectivity index (χ3v) is 3.40. The second kappa shape index (κ2) is 5.50. The Morgan fingerprint density at radius 3 is 2.67 bits per heavy atom. The summed E-state index contributed by atoms with van der Waals surface area (Å²) in [5, 5.41) is 0. The van der Waals surface area contributed by atoms with Crippen molar-refractivity contribution in [1.29, 1.82) is 0 Å². The molecule has 0 aromatic carbocycles. The Balaban J connectivity index is 2.56. The van der Waals surface area contributed by atoms with E-state index < -0.39 is 0 Å². The van der Waals surface area contributed by atoms with Gasteiger partial charge < -0.3 is 10.5 Å². The van der Waals surface area contributed by atoms with E-state index in [1.807, 2.05) is 0 Å². The average molecular weight is 213 g/mol. The molecule has 0 spiro atoms. The molecule has 0 amide bonds. The molecule has 0 bridgehead atoms. The van der Waals surface area contributed by atoms with Crippen LogP contribution in [0.2, 0.25) is 0 Å². The van der Waals surface area contributed by atoms with Crippen molar-refractivity contribution in [3.05, 3.63) is 0 Å². The average Bonchev–Trinajstić information content (AvgIpc) is 2.20. The number of esters is 1. The number of hydrogen-bond acceptors (Lipinski definition) is 3. The second-order valence-electron chi connectivity index (χ2n) is 5.06. The van der Waals surface area contributed by atoms with Crippen molar-refractivity contribution < 1.29 is 9.53 Å². The van der Waals surface area contributed by atoms with Gasteiger partial charge in [0, 0.05) is 0 Å². The minimum absolute atomic E-state index is 0.00311. The summed E-state index contributed by atoms with van der Waals surface area (Å²) in [6.45, 7) is 6.67. The zero-order chi connectivity index (χ0) is 11.4. The van der Waals surface area contributed by atoms with Crippen molar-refractivity contribution in [2.75, 3.05) is 6.54 Å². The van der Waals surface area contributed by atoms with E-state index in [-0.39, 0.29) is 18.6 Å². The van der Waals surface area contributed by atoms with Crippen LogP contribution in [-0.4, -0.2) is 18.6 Å². The maximum absolute atomic E-state index is 11.2. The number of hydrogen-bond donors (Lipinski definition) is 1. The lowest BCUT2D eigenvalue weighted by atomic mass is 9.75. The van der Waals surface area contributed by atoms with E-state index in [0.717, 1.165) is 18.8 Å². The summed E-state index contributed by atoms with van der Waals surface area (Å²) in [7, 11) is 0. The Kier molecular flexibility index (Phi) is 4.58. The zero-order valence-electron chi connectivity index (χ0n) is 10.0. The lowest BCUT2D eigenvalue weighted by Gasteiger charge is -2.36. The maximum atomic E-state index is 11.2. The molecule has 1 aliphatic rings. The van der Waals surface area contributed by atoms with E-state index in [4.69, 9.17) is 10.5 Å². The monoisotopic (exact) mass is 213 g/mol. The normalized spacial score (nSPS) is 31.7. The van der Waals surface area contributed by atoms with Crippen LogP contribution >= 0.6 is 0 Å². The zero-order valence-corrected chi connectivity index (χ0v) is 10.0. The first-order valence-electron chi connectivity index (χ1n) is 5.94. The van der Waals surface area contributed by atoms with Gasteiger partial charge in [0.15, 0.2) is 0 Å². The van der Waals surface area contributed by atoms with Crippen molar-refractivity contribution in [3.8, 4) is 0 Å². The summed E-state index contributed by atoms with van der Waals surface area (Å²) in [6.07, 6.45) is 3.42. The fraction of sp³-hybridized carbons (Fsp3) is 0.917. The molecular weight excluding hydrogens is 190 g/mol. The smallest absolute Gasteiger partial charge is 0.319 e. The lowest BCUT2D eigenvalue weighted by Crippen LogP contribution is -2.37. The van der Waals surface area contributed by atoms with Gasteiger partial charge >= 0.3 is 5.97 Å². The molecule has 88 valence electrons. The van der Waals surface area contributed by atoms with E-state index >= 15 is 0 Å². The highest BCUT2D eigenvalue weighted by Crippen LogP contribution is 2.35. The molecule has 15 heavy (non-hydrogen) atoms. The molecule has 3 unspecified atom stereocenters. The molecule has 3 nitrogen and oxygen atoms in total. The molecule has 0 aromatic heterocycles. The standard InChI is InChI=1S/C12H23NO2/c1-8(2)10-6-9(3)4-5-11(10)15-12(14)7-13/h8-11H,4-7,13H2,1-3H3. The third-order valence-electron chi connectivity index (χ3n) is 3.40. The van der Waals surface area contributed by atoms with Gasteiger partial charge in [-0.25, -0.2) is 0 Å². The molecule has 1 fully saturated rings. The highest BCUT2D eigenvalue weighted by Gasteiger charge is 2.32. The van der Waals surface area contributed by atoms with E-state index in [2.05, 4.69) is 20.8 Å². The van der Waals surface area contributed by atoms with Gasteiger partial charge in [0.1, 0.15) is 6.10 Å². The molecule has 0 aliphatic heterocycles. The Labute approximate surface area is 92.4 Å². The fourth-order valence-corrected chi connectivity index (χ4v) is 2.46. The molecular formula is C12H23NO2. The minimum Gasteiger partial charge on any atom is -0.461 e. The molecule has 1 aliphatic carbocycles. The van der Waals surface area contributed by atoms with Crippen molar-refractivity contribution in [1.82, 2.24) is 0 Å². The molecule has 0 aromatic rings. The van der Waals surface area contributed by atoms with Gasteiger partial charge in [-0.2, -0.15) is 0 Å². The first-order chi connectivity index (χ1) is 7.04. The summed E-state index contributed by atoms with van der Waals surface area (Å²) < 4.78 is 5.40. The Morgan fingerprint density at radius 1 is 1.47 bits per heavy atom. The molecule has 1 saturated carbocycles. The predicted molar refractivity (Wildman–Crippen MR) is 60.3 cm³/mol. The van der Waals surface area contributed by atoms with E-state index in [1.54, 1.807) is 0 Å². The summed E-state index contributed by atoms with van der Waals surface area (Å²) in [5.41, 5.74) is 5.26. The largest absolute Gasteiger partial charge is 0.461 e. The lowest BCUT2D eigenvalue weighted by molar-refractivity contribution is -0.153. The molecule has 0 saturated heterocycles. The van der Waals surface area contributed by atoms with Gasteiger partial charge in [0.25, 0.3) is 0 Å². The number of rotatable bonds is 3. The third kappa shape index (κ3) is 3.49. The minimum atomic E-state index is -0.264. The van der Waals surface area contributed by atoms with Crippen LogP contribution in [0.3, 0.4) is 0 Å². The summed E-state index contributed by atoms with van der Waals surface area (Å²) in [5.74, 6) is 1.57. The highest BCUT2D eigenvalue weighted by molar-refractivity contribution is 5.71. The van der Waals surface area contributed by atoms with Crippen LogP contribution in [0.1, 0.15) is 40.0 Å². The number of carbonyl (C=O) groups is 1. The first kappa shape index (κ1) is 12.5. The van der Waals surface area contributed by atoms with Crippen molar-refractivity contribution in [2.24, 2.45) is 23.5 Å². The van der Waals surface area contributed by atoms with Gasteiger partial charge in [0.05, 0.1) is 6.54 Å². The van der Waals surface area contributed by atoms with E-state index in [9.17, 15) is 4.79 Å². The van der Waals surface area contributed by atoms with Crippen LogP contribution in [-0.2, 0) is 9.53 Å². The maximum Gasteiger partial charge on any atom is 0.319 e. The summed E-state index contributed by atoms with van der Waals surface area (Å²) >= 11 is 0. The Morgan fingerprint density at radius 2 is 2.13 bits per heavy atom.